The molecule has 0 saturated heterocycles. The van der Waals surface area contributed by atoms with Crippen molar-refractivity contribution in [3.05, 3.63) is 75.7 Å². The maximum absolute atomic E-state index is 13.0. The van der Waals surface area contributed by atoms with Crippen LogP contribution in [0.3, 0.4) is 0 Å². The molecular weight excluding hydrogens is 430 g/mol. The van der Waals surface area contributed by atoms with E-state index < -0.39 is 0 Å². The van der Waals surface area contributed by atoms with Gasteiger partial charge < -0.3 is 9.47 Å². The van der Waals surface area contributed by atoms with Gasteiger partial charge in [-0.2, -0.15) is 5.10 Å². The SMILES string of the molecule is CCOc1ccc(C=C2CCCC3C2=NN(C(=O)CN=[N+]=[N-])C3c2ccc(OCC)cc2)cc1. The summed E-state index contributed by atoms with van der Waals surface area (Å²) in [5, 5.41) is 9.80. The first kappa shape index (κ1) is 23.4. The Hall–Kier alpha value is -3.77. The molecule has 176 valence electrons. The Bertz CT molecular complexity index is 1120. The van der Waals surface area contributed by atoms with Crippen LogP contribution in [-0.4, -0.2) is 36.4 Å². The zero-order valence-electron chi connectivity index (χ0n) is 19.6. The van der Waals surface area contributed by atoms with Gasteiger partial charge in [0.05, 0.1) is 25.0 Å². The van der Waals surface area contributed by atoms with Gasteiger partial charge in [-0.3, -0.25) is 4.79 Å². The summed E-state index contributed by atoms with van der Waals surface area (Å²) in [6.45, 7) is 4.87. The third-order valence-corrected chi connectivity index (χ3v) is 6.09. The minimum atomic E-state index is -0.306. The molecule has 4 rings (SSSR count). The molecule has 1 amide bonds. The number of ether oxygens (including phenoxy) is 2. The molecule has 0 N–H and O–H groups in total. The molecule has 2 atom stereocenters. The molecule has 1 heterocycles. The van der Waals surface area contributed by atoms with Gasteiger partial charge in [-0.15, -0.1) is 0 Å². The molecule has 2 aliphatic rings. The second-order valence-corrected chi connectivity index (χ2v) is 8.23. The zero-order valence-corrected chi connectivity index (χ0v) is 19.6. The number of azide groups is 1. The fourth-order valence-electron chi connectivity index (χ4n) is 4.66. The van der Waals surface area contributed by atoms with Gasteiger partial charge in [-0.25, -0.2) is 5.01 Å². The van der Waals surface area contributed by atoms with Crippen LogP contribution in [0, 0.1) is 5.92 Å². The monoisotopic (exact) mass is 459 g/mol. The van der Waals surface area contributed by atoms with Crippen molar-refractivity contribution in [1.82, 2.24) is 5.01 Å². The lowest BCUT2D eigenvalue weighted by molar-refractivity contribution is -0.132. The van der Waals surface area contributed by atoms with Gasteiger partial charge in [0.15, 0.2) is 0 Å². The van der Waals surface area contributed by atoms with Gasteiger partial charge in [0, 0.05) is 10.8 Å². The molecule has 2 aromatic carbocycles. The van der Waals surface area contributed by atoms with Crippen LogP contribution in [0.1, 0.15) is 50.3 Å². The number of carbonyl (C=O) groups is 1. The number of nitrogens with zero attached hydrogens (tertiary/aromatic N) is 5. The minimum Gasteiger partial charge on any atom is -0.494 e. The lowest BCUT2D eigenvalue weighted by atomic mass is 9.77. The quantitative estimate of drug-likeness (QED) is 0.278. The Morgan fingerprint density at radius 2 is 1.76 bits per heavy atom. The van der Waals surface area contributed by atoms with Gasteiger partial charge in [-0.05, 0) is 85.7 Å². The van der Waals surface area contributed by atoms with Crippen LogP contribution in [0.5, 0.6) is 11.5 Å². The molecule has 8 heteroatoms. The highest BCUT2D eigenvalue weighted by Gasteiger charge is 2.43. The Labute approximate surface area is 199 Å². The van der Waals surface area contributed by atoms with Crippen molar-refractivity contribution in [2.45, 2.75) is 39.2 Å². The molecule has 1 saturated carbocycles. The smallest absolute Gasteiger partial charge is 0.249 e. The standard InChI is InChI=1S/C26H29N5O3/c1-3-33-21-12-8-18(9-13-21)16-20-6-5-7-23-25(20)29-31(24(32)17-28-30-27)26(23)19-10-14-22(15-11-19)34-4-2/h8-16,23,26H,3-7,17H2,1-2H3. The van der Waals surface area contributed by atoms with Crippen LogP contribution >= 0.6 is 0 Å². The van der Waals surface area contributed by atoms with Crippen LogP contribution in [0.4, 0.5) is 0 Å². The first-order chi connectivity index (χ1) is 16.6. The van der Waals surface area contributed by atoms with Crippen LogP contribution in [0.15, 0.2) is 64.3 Å². The highest BCUT2D eigenvalue weighted by atomic mass is 16.5. The zero-order chi connectivity index (χ0) is 23.9. The van der Waals surface area contributed by atoms with Crippen molar-refractivity contribution in [2.24, 2.45) is 16.1 Å². The number of carbonyl (C=O) groups excluding carboxylic acids is 1. The Morgan fingerprint density at radius 3 is 2.38 bits per heavy atom. The van der Waals surface area contributed by atoms with Gasteiger partial charge >= 0.3 is 0 Å². The molecular formula is C26H29N5O3. The molecule has 2 aromatic rings. The Kier molecular flexibility index (Phi) is 7.50. The van der Waals surface area contributed by atoms with E-state index in [9.17, 15) is 4.79 Å². The summed E-state index contributed by atoms with van der Waals surface area (Å²) in [6, 6.07) is 15.6. The highest BCUT2D eigenvalue weighted by Crippen LogP contribution is 2.44. The first-order valence-corrected chi connectivity index (χ1v) is 11.7. The van der Waals surface area contributed by atoms with Crippen molar-refractivity contribution in [3.63, 3.8) is 0 Å². The molecule has 1 aliphatic carbocycles. The van der Waals surface area contributed by atoms with Crippen molar-refractivity contribution in [1.29, 1.82) is 0 Å². The molecule has 0 spiro atoms. The molecule has 1 aliphatic heterocycles. The van der Waals surface area contributed by atoms with E-state index in [0.29, 0.717) is 13.2 Å². The number of benzene rings is 2. The highest BCUT2D eigenvalue weighted by molar-refractivity contribution is 6.08. The third-order valence-electron chi connectivity index (χ3n) is 6.09. The molecule has 0 radical (unpaired) electrons. The van der Waals surface area contributed by atoms with Gasteiger partial charge in [0.25, 0.3) is 0 Å². The average Bonchev–Trinajstić information content (AvgIpc) is 3.25. The second kappa shape index (κ2) is 10.9. The number of hydrogen-bond acceptors (Lipinski definition) is 5. The molecule has 0 bridgehead atoms. The van der Waals surface area contributed by atoms with E-state index >= 15 is 0 Å². The molecule has 1 fully saturated rings. The number of amides is 1. The largest absolute Gasteiger partial charge is 0.494 e. The molecule has 8 nitrogen and oxygen atoms in total. The summed E-state index contributed by atoms with van der Waals surface area (Å²) in [7, 11) is 0. The number of hydrogen-bond donors (Lipinski definition) is 0. The van der Waals surface area contributed by atoms with Crippen molar-refractivity contribution in [2.75, 3.05) is 19.8 Å². The Balaban J connectivity index is 1.67. The lowest BCUT2D eigenvalue weighted by Crippen LogP contribution is -2.33. The normalized spacial score (nSPS) is 20.4. The third kappa shape index (κ3) is 5.07. The van der Waals surface area contributed by atoms with Gasteiger partial charge in [0.2, 0.25) is 5.91 Å². The summed E-state index contributed by atoms with van der Waals surface area (Å²) in [6.07, 6.45) is 5.00. The van der Waals surface area contributed by atoms with E-state index in [1.165, 1.54) is 5.01 Å². The van der Waals surface area contributed by atoms with Gasteiger partial charge in [0.1, 0.15) is 18.0 Å². The van der Waals surface area contributed by atoms with Crippen LogP contribution in [0.25, 0.3) is 16.5 Å². The Morgan fingerprint density at radius 1 is 1.12 bits per heavy atom. The summed E-state index contributed by atoms with van der Waals surface area (Å²) < 4.78 is 11.1. The van der Waals surface area contributed by atoms with E-state index in [-0.39, 0.29) is 24.4 Å². The summed E-state index contributed by atoms with van der Waals surface area (Å²) >= 11 is 0. The van der Waals surface area contributed by atoms with Crippen LogP contribution in [-0.2, 0) is 4.79 Å². The molecule has 34 heavy (non-hydrogen) atoms. The molecule has 0 aromatic heterocycles. The summed E-state index contributed by atoms with van der Waals surface area (Å²) in [5.74, 6) is 1.40. The maximum atomic E-state index is 13.0. The number of allylic oxidation sites excluding steroid dienone is 1. The van der Waals surface area contributed by atoms with E-state index in [1.54, 1.807) is 0 Å². The molecule has 2 unspecified atom stereocenters. The van der Waals surface area contributed by atoms with E-state index in [1.807, 2.05) is 62.4 Å². The van der Waals surface area contributed by atoms with E-state index in [4.69, 9.17) is 20.1 Å². The number of hydrazone groups is 1. The topological polar surface area (TPSA) is 99.9 Å². The van der Waals surface area contributed by atoms with E-state index in [2.05, 4.69) is 16.1 Å². The minimum absolute atomic E-state index is 0.0793. The predicted octanol–water partition coefficient (Wildman–Crippen LogP) is 5.92. The lowest BCUT2D eigenvalue weighted by Gasteiger charge is -2.29. The van der Waals surface area contributed by atoms with E-state index in [0.717, 1.165) is 53.2 Å². The second-order valence-electron chi connectivity index (χ2n) is 8.23. The van der Waals surface area contributed by atoms with Crippen LogP contribution < -0.4 is 9.47 Å². The first-order valence-electron chi connectivity index (χ1n) is 11.7. The number of rotatable bonds is 8. The fourth-order valence-corrected chi connectivity index (χ4v) is 4.66. The van der Waals surface area contributed by atoms with Crippen molar-refractivity contribution >= 4 is 17.7 Å². The summed E-state index contributed by atoms with van der Waals surface area (Å²) in [5.41, 5.74) is 12.8. The summed E-state index contributed by atoms with van der Waals surface area (Å²) in [4.78, 5) is 15.7. The fraction of sp³-hybridized carbons (Fsp3) is 0.385. The van der Waals surface area contributed by atoms with Crippen molar-refractivity contribution in [3.8, 4) is 11.5 Å². The van der Waals surface area contributed by atoms with Gasteiger partial charge in [-0.1, -0.05) is 29.4 Å². The number of fused-ring (bicyclic) bond motifs is 1. The van der Waals surface area contributed by atoms with Crippen LogP contribution in [0.2, 0.25) is 0 Å². The maximum Gasteiger partial charge on any atom is 0.249 e. The predicted molar refractivity (Wildman–Crippen MR) is 132 cm³/mol. The van der Waals surface area contributed by atoms with Crippen molar-refractivity contribution < 1.29 is 14.3 Å². The average molecular weight is 460 g/mol.